The molecule has 4 aromatic rings. The van der Waals surface area contributed by atoms with E-state index in [-0.39, 0.29) is 17.9 Å². The summed E-state index contributed by atoms with van der Waals surface area (Å²) in [6.07, 6.45) is 12.7. The van der Waals surface area contributed by atoms with Crippen LogP contribution < -0.4 is 10.6 Å². The van der Waals surface area contributed by atoms with Gasteiger partial charge in [-0.05, 0) is 46.2 Å². The third kappa shape index (κ3) is 6.02. The van der Waals surface area contributed by atoms with Crippen LogP contribution in [0.5, 0.6) is 0 Å². The molecule has 0 spiro atoms. The number of hydrogen-bond acceptors (Lipinski definition) is 8. The maximum Gasteiger partial charge on any atom is 0.259 e. The minimum Gasteiger partial charge on any atom is -0.383 e. The zero-order chi connectivity index (χ0) is 28.2. The van der Waals surface area contributed by atoms with Gasteiger partial charge in [-0.2, -0.15) is 10.2 Å². The van der Waals surface area contributed by atoms with Gasteiger partial charge in [0.15, 0.2) is 0 Å². The van der Waals surface area contributed by atoms with Gasteiger partial charge in [0.05, 0.1) is 78.0 Å². The Labute approximate surface area is 232 Å². The Kier molecular flexibility index (Phi) is 8.17. The average Bonchev–Trinajstić information content (AvgIpc) is 3.68. The van der Waals surface area contributed by atoms with E-state index in [1.165, 1.54) is 6.20 Å². The van der Waals surface area contributed by atoms with Crippen LogP contribution in [0.25, 0.3) is 16.8 Å². The van der Waals surface area contributed by atoms with Gasteiger partial charge >= 0.3 is 0 Å². The summed E-state index contributed by atoms with van der Waals surface area (Å²) < 4.78 is 8.51. The topological polar surface area (TPSA) is 132 Å². The van der Waals surface area contributed by atoms with E-state index >= 15 is 0 Å². The fourth-order valence-corrected chi connectivity index (χ4v) is 5.11. The molecule has 4 aromatic heterocycles. The van der Waals surface area contributed by atoms with E-state index in [9.17, 15) is 9.59 Å². The third-order valence-corrected chi connectivity index (χ3v) is 7.23. The molecule has 1 atom stereocenters. The first-order valence-electron chi connectivity index (χ1n) is 13.5. The highest BCUT2D eigenvalue weighted by molar-refractivity contribution is 6.09. The van der Waals surface area contributed by atoms with Gasteiger partial charge in [0.1, 0.15) is 0 Å². The van der Waals surface area contributed by atoms with E-state index < -0.39 is 0 Å². The lowest BCUT2D eigenvalue weighted by Crippen LogP contribution is -2.37. The molecule has 0 radical (unpaired) electrons. The summed E-state index contributed by atoms with van der Waals surface area (Å²) in [5.74, 6) is -0.405. The first-order valence-corrected chi connectivity index (χ1v) is 13.5. The number of nitrogens with one attached hydrogen (secondary N) is 2. The van der Waals surface area contributed by atoms with Crippen LogP contribution in [0.2, 0.25) is 0 Å². The lowest BCUT2D eigenvalue weighted by atomic mass is 10.1. The van der Waals surface area contributed by atoms with Crippen LogP contribution in [0.3, 0.4) is 0 Å². The Hall–Kier alpha value is -4.16. The van der Waals surface area contributed by atoms with Crippen molar-refractivity contribution in [3.8, 4) is 11.3 Å². The molecule has 2 amide bonds. The Bertz CT molecular complexity index is 1510. The maximum absolute atomic E-state index is 13.2. The number of rotatable bonds is 10. The van der Waals surface area contributed by atoms with E-state index in [0.29, 0.717) is 59.5 Å². The third-order valence-electron chi connectivity index (χ3n) is 7.23. The summed E-state index contributed by atoms with van der Waals surface area (Å²) in [6, 6.07) is 2.39. The van der Waals surface area contributed by atoms with Crippen LogP contribution in [0.4, 0.5) is 11.4 Å². The molecule has 1 aliphatic heterocycles. The lowest BCUT2D eigenvalue weighted by Gasteiger charge is -2.27. The quantitative estimate of drug-likeness (QED) is 0.310. The number of likely N-dealkylation sites (tertiary alicyclic amines) is 1. The number of aromatic nitrogens is 6. The van der Waals surface area contributed by atoms with Crippen molar-refractivity contribution in [3.63, 3.8) is 0 Å². The van der Waals surface area contributed by atoms with Crippen molar-refractivity contribution in [3.05, 3.63) is 54.5 Å². The summed E-state index contributed by atoms with van der Waals surface area (Å²) in [5.41, 5.74) is 4.15. The highest BCUT2D eigenvalue weighted by atomic mass is 16.5. The molecule has 210 valence electrons. The van der Waals surface area contributed by atoms with Gasteiger partial charge in [-0.15, -0.1) is 0 Å². The van der Waals surface area contributed by atoms with Gasteiger partial charge in [0.25, 0.3) is 5.91 Å². The number of ether oxygens (including phenoxy) is 1. The Morgan fingerprint density at radius 1 is 1.10 bits per heavy atom. The second kappa shape index (κ2) is 11.9. The molecule has 5 rings (SSSR count). The molecule has 5 heterocycles. The summed E-state index contributed by atoms with van der Waals surface area (Å²) in [7, 11) is 1.65. The molecule has 1 fully saturated rings. The lowest BCUT2D eigenvalue weighted by molar-refractivity contribution is -0.117. The van der Waals surface area contributed by atoms with Crippen molar-refractivity contribution in [1.29, 1.82) is 0 Å². The van der Waals surface area contributed by atoms with Crippen LogP contribution in [0, 0.1) is 6.92 Å². The molecular formula is C28H35N9O3. The van der Waals surface area contributed by atoms with Crippen molar-refractivity contribution in [2.45, 2.75) is 58.7 Å². The summed E-state index contributed by atoms with van der Waals surface area (Å²) >= 11 is 0. The summed E-state index contributed by atoms with van der Waals surface area (Å²) in [6.45, 7) is 8.35. The molecule has 0 unspecified atom stereocenters. The van der Waals surface area contributed by atoms with E-state index in [2.05, 4.69) is 49.5 Å². The zero-order valence-corrected chi connectivity index (χ0v) is 23.3. The van der Waals surface area contributed by atoms with Gasteiger partial charge in [0.2, 0.25) is 5.91 Å². The fourth-order valence-electron chi connectivity index (χ4n) is 5.11. The van der Waals surface area contributed by atoms with Crippen molar-refractivity contribution < 1.29 is 14.3 Å². The van der Waals surface area contributed by atoms with Crippen LogP contribution in [-0.2, 0) is 16.1 Å². The van der Waals surface area contributed by atoms with Crippen LogP contribution in [-0.4, -0.2) is 78.4 Å². The number of carbonyl (C=O) groups excluding carboxylic acids is 2. The Morgan fingerprint density at radius 2 is 1.95 bits per heavy atom. The predicted octanol–water partition coefficient (Wildman–Crippen LogP) is 3.40. The number of nitrogens with zero attached hydrogens (tertiary/aromatic N) is 7. The second-order valence-electron chi connectivity index (χ2n) is 10.3. The largest absolute Gasteiger partial charge is 0.383 e. The molecule has 0 aliphatic carbocycles. The van der Waals surface area contributed by atoms with Crippen molar-refractivity contribution in [2.75, 3.05) is 30.9 Å². The highest BCUT2D eigenvalue weighted by Crippen LogP contribution is 2.25. The van der Waals surface area contributed by atoms with E-state index in [1.807, 2.05) is 6.20 Å². The molecule has 1 aliphatic rings. The minimum atomic E-state index is -0.344. The van der Waals surface area contributed by atoms with Gasteiger partial charge in [0, 0.05) is 37.4 Å². The average molecular weight is 546 g/mol. The number of aryl methyl sites for hydroxylation is 1. The SMILES string of the molecule is COCCn1cc(-c2cn3ncc(C(=O)Nc4cc(NC(=O)C[C@@H]5CCCN5C(C)C)cnc4C)c3cn2)cn1. The maximum atomic E-state index is 13.2. The molecule has 0 bridgehead atoms. The van der Waals surface area contributed by atoms with E-state index in [0.717, 1.165) is 24.9 Å². The van der Waals surface area contributed by atoms with Crippen molar-refractivity contribution in [2.24, 2.45) is 0 Å². The van der Waals surface area contributed by atoms with Crippen LogP contribution in [0.15, 0.2) is 43.2 Å². The number of hydrogen-bond donors (Lipinski definition) is 2. The first kappa shape index (κ1) is 27.4. The number of carbonyl (C=O) groups is 2. The monoisotopic (exact) mass is 545 g/mol. The highest BCUT2D eigenvalue weighted by Gasteiger charge is 2.28. The Balaban J connectivity index is 1.26. The molecular weight excluding hydrogens is 510 g/mol. The van der Waals surface area contributed by atoms with Gasteiger partial charge in [-0.25, -0.2) is 4.52 Å². The van der Waals surface area contributed by atoms with Crippen LogP contribution in [0.1, 0.15) is 49.2 Å². The Morgan fingerprint density at radius 3 is 2.75 bits per heavy atom. The number of methoxy groups -OCH3 is 1. The molecule has 0 saturated carbocycles. The van der Waals surface area contributed by atoms with Crippen molar-refractivity contribution >= 4 is 28.7 Å². The predicted molar refractivity (Wildman–Crippen MR) is 151 cm³/mol. The molecule has 12 heteroatoms. The normalized spacial score (nSPS) is 15.7. The minimum absolute atomic E-state index is 0.0609. The van der Waals surface area contributed by atoms with E-state index in [4.69, 9.17) is 4.74 Å². The number of fused-ring (bicyclic) bond motifs is 1. The van der Waals surface area contributed by atoms with E-state index in [1.54, 1.807) is 54.1 Å². The van der Waals surface area contributed by atoms with Crippen LogP contribution >= 0.6 is 0 Å². The van der Waals surface area contributed by atoms with Crippen molar-refractivity contribution in [1.82, 2.24) is 34.3 Å². The molecule has 0 aromatic carbocycles. The number of pyridine rings is 1. The number of anilines is 2. The second-order valence-corrected chi connectivity index (χ2v) is 10.3. The molecule has 1 saturated heterocycles. The molecule has 40 heavy (non-hydrogen) atoms. The summed E-state index contributed by atoms with van der Waals surface area (Å²) in [5, 5.41) is 14.6. The van der Waals surface area contributed by atoms with Gasteiger partial charge in [-0.3, -0.25) is 29.1 Å². The first-order chi connectivity index (χ1) is 19.3. The standard InChI is InChI=1S/C28H35N9O3/c1-18(2)36-7-5-6-22(36)11-27(38)33-21-10-24(19(3)29-13-21)34-28(39)23-14-32-37-17-25(30-15-26(23)37)20-12-31-35(16-20)8-9-40-4/h10,12-18,22H,5-9,11H2,1-4H3,(H,33,38)(H,34,39)/t22-/m0/s1. The zero-order valence-electron chi connectivity index (χ0n) is 23.3. The number of amides is 2. The molecule has 2 N–H and O–H groups in total. The van der Waals surface area contributed by atoms with Gasteiger partial charge in [-0.1, -0.05) is 0 Å². The summed E-state index contributed by atoms with van der Waals surface area (Å²) in [4.78, 5) is 37.3. The fraction of sp³-hybridized carbons (Fsp3) is 0.429. The van der Waals surface area contributed by atoms with Gasteiger partial charge < -0.3 is 15.4 Å². The molecule has 12 nitrogen and oxygen atoms in total. The smallest absolute Gasteiger partial charge is 0.259 e.